The predicted octanol–water partition coefficient (Wildman–Crippen LogP) is 7.17. The van der Waals surface area contributed by atoms with Crippen molar-refractivity contribution in [1.82, 2.24) is 10.6 Å². The summed E-state index contributed by atoms with van der Waals surface area (Å²) in [6.45, 7) is 29.0. The zero-order valence-corrected chi connectivity index (χ0v) is 25.0. The molecule has 0 radical (unpaired) electrons. The first-order valence-corrected chi connectivity index (χ1v) is 13.4. The van der Waals surface area contributed by atoms with Gasteiger partial charge in [0.05, 0.1) is 0 Å². The van der Waals surface area contributed by atoms with E-state index in [0.29, 0.717) is 11.5 Å². The Kier molecular flexibility index (Phi) is 9.01. The van der Waals surface area contributed by atoms with E-state index in [1.165, 1.54) is 11.1 Å². The van der Waals surface area contributed by atoms with Crippen molar-refractivity contribution in [2.75, 3.05) is 13.1 Å². The van der Waals surface area contributed by atoms with Gasteiger partial charge < -0.3 is 20.8 Å². The summed E-state index contributed by atoms with van der Waals surface area (Å²) >= 11 is 0. The van der Waals surface area contributed by atoms with Crippen molar-refractivity contribution in [3.8, 4) is 11.5 Å². The average Bonchev–Trinajstić information content (AvgIpc) is 2.68. The van der Waals surface area contributed by atoms with E-state index >= 15 is 0 Å². The zero-order valence-electron chi connectivity index (χ0n) is 25.0. The van der Waals surface area contributed by atoms with E-state index in [9.17, 15) is 10.2 Å². The molecule has 0 aromatic heterocycles. The lowest BCUT2D eigenvalue weighted by molar-refractivity contribution is 0.421. The molecule has 0 aliphatic carbocycles. The summed E-state index contributed by atoms with van der Waals surface area (Å²) in [6, 6.07) is 8.57. The summed E-state index contributed by atoms with van der Waals surface area (Å²) < 4.78 is 0. The van der Waals surface area contributed by atoms with Gasteiger partial charge in [-0.15, -0.1) is 0 Å². The Labute approximate surface area is 220 Å². The van der Waals surface area contributed by atoms with Crippen molar-refractivity contribution in [3.63, 3.8) is 0 Å². The topological polar surface area (TPSA) is 64.5 Å². The molecule has 0 aliphatic rings. The van der Waals surface area contributed by atoms with E-state index in [2.05, 4.69) is 118 Å². The van der Waals surface area contributed by atoms with E-state index in [1.54, 1.807) is 0 Å². The van der Waals surface area contributed by atoms with Crippen LogP contribution in [-0.2, 0) is 34.7 Å². The lowest BCUT2D eigenvalue weighted by Gasteiger charge is -2.28. The highest BCUT2D eigenvalue weighted by Crippen LogP contribution is 2.41. The summed E-state index contributed by atoms with van der Waals surface area (Å²) in [7, 11) is 0. The molecule has 2 aromatic carbocycles. The molecule has 0 unspecified atom stereocenters. The SMILES string of the molecule is CC(C)(C)c1cc(CNCCNCc2cc(C(C)(C)C)c(O)c(C(C)(C)C)c2)cc(C(C)(C)C)c1O. The van der Waals surface area contributed by atoms with Gasteiger partial charge in [-0.3, -0.25) is 0 Å². The quantitative estimate of drug-likeness (QED) is 0.307. The highest BCUT2D eigenvalue weighted by molar-refractivity contribution is 5.51. The Morgan fingerprint density at radius 2 is 0.694 bits per heavy atom. The Hall–Kier alpha value is -2.04. The van der Waals surface area contributed by atoms with Crippen LogP contribution in [0.3, 0.4) is 0 Å². The molecule has 0 bridgehead atoms. The van der Waals surface area contributed by atoms with E-state index < -0.39 is 0 Å². The fraction of sp³-hybridized carbons (Fsp3) is 0.625. The Morgan fingerprint density at radius 3 is 0.889 bits per heavy atom. The molecule has 0 saturated heterocycles. The van der Waals surface area contributed by atoms with Gasteiger partial charge in [0, 0.05) is 26.2 Å². The molecule has 2 rings (SSSR count). The lowest BCUT2D eigenvalue weighted by atomic mass is 9.78. The maximum absolute atomic E-state index is 10.9. The molecule has 4 nitrogen and oxygen atoms in total. The second-order valence-electron chi connectivity index (χ2n) is 14.4. The van der Waals surface area contributed by atoms with Crippen molar-refractivity contribution in [2.24, 2.45) is 0 Å². The van der Waals surface area contributed by atoms with Gasteiger partial charge in [0.1, 0.15) is 11.5 Å². The maximum Gasteiger partial charge on any atom is 0.123 e. The molecule has 0 atom stereocenters. The highest BCUT2D eigenvalue weighted by Gasteiger charge is 2.27. The molecule has 2 aromatic rings. The second-order valence-corrected chi connectivity index (χ2v) is 14.4. The van der Waals surface area contributed by atoms with Crippen LogP contribution in [0.2, 0.25) is 0 Å². The second kappa shape index (κ2) is 10.8. The minimum absolute atomic E-state index is 0.121. The van der Waals surface area contributed by atoms with Gasteiger partial charge in [-0.05, 0) is 55.0 Å². The molecule has 4 heteroatoms. The lowest BCUT2D eigenvalue weighted by Crippen LogP contribution is -2.27. The molecule has 0 fully saturated rings. The summed E-state index contributed by atoms with van der Waals surface area (Å²) in [5.41, 5.74) is 5.92. The third-order valence-corrected chi connectivity index (χ3v) is 6.71. The monoisotopic (exact) mass is 496 g/mol. The van der Waals surface area contributed by atoms with E-state index in [-0.39, 0.29) is 21.7 Å². The number of phenolic OH excluding ortho intramolecular Hbond substituents is 2. The largest absolute Gasteiger partial charge is 0.507 e. The maximum atomic E-state index is 10.9. The summed E-state index contributed by atoms with van der Waals surface area (Å²) in [5.74, 6) is 0.858. The van der Waals surface area contributed by atoms with E-state index in [1.807, 2.05) is 0 Å². The average molecular weight is 497 g/mol. The van der Waals surface area contributed by atoms with E-state index in [0.717, 1.165) is 48.4 Å². The summed E-state index contributed by atoms with van der Waals surface area (Å²) in [4.78, 5) is 0. The van der Waals surface area contributed by atoms with Gasteiger partial charge in [0.15, 0.2) is 0 Å². The molecule has 36 heavy (non-hydrogen) atoms. The van der Waals surface area contributed by atoms with Crippen LogP contribution in [0.15, 0.2) is 24.3 Å². The first kappa shape index (κ1) is 30.2. The van der Waals surface area contributed by atoms with Crippen LogP contribution in [0.4, 0.5) is 0 Å². The minimum Gasteiger partial charge on any atom is -0.507 e. The molecular weight excluding hydrogens is 444 g/mol. The predicted molar refractivity (Wildman–Crippen MR) is 154 cm³/mol. The smallest absolute Gasteiger partial charge is 0.123 e. The number of rotatable bonds is 7. The van der Waals surface area contributed by atoms with Gasteiger partial charge in [-0.2, -0.15) is 0 Å². The molecule has 202 valence electrons. The van der Waals surface area contributed by atoms with Crippen LogP contribution in [0, 0.1) is 0 Å². The molecule has 4 N–H and O–H groups in total. The van der Waals surface area contributed by atoms with Gasteiger partial charge in [-0.25, -0.2) is 0 Å². The number of aromatic hydroxyl groups is 2. The number of nitrogens with one attached hydrogen (secondary N) is 2. The van der Waals surface area contributed by atoms with Gasteiger partial charge in [-0.1, -0.05) is 107 Å². The molecule has 0 amide bonds. The summed E-state index contributed by atoms with van der Waals surface area (Å²) in [5, 5.41) is 29.0. The van der Waals surface area contributed by atoms with Crippen molar-refractivity contribution in [3.05, 3.63) is 57.6 Å². The molecule has 0 spiro atoms. The van der Waals surface area contributed by atoms with Crippen LogP contribution >= 0.6 is 0 Å². The van der Waals surface area contributed by atoms with Crippen LogP contribution in [0.1, 0.15) is 116 Å². The Morgan fingerprint density at radius 1 is 0.472 bits per heavy atom. The van der Waals surface area contributed by atoms with Crippen molar-refractivity contribution >= 4 is 0 Å². The molecule has 0 aliphatic heterocycles. The normalized spacial score (nSPS) is 13.3. The third-order valence-electron chi connectivity index (χ3n) is 6.71. The Balaban J connectivity index is 2.06. The van der Waals surface area contributed by atoms with Gasteiger partial charge in [0.2, 0.25) is 0 Å². The third kappa shape index (κ3) is 7.73. The molecule has 0 saturated carbocycles. The standard InChI is InChI=1S/C32H52N2O2/c1-29(2,3)23-15-21(16-24(27(23)35)30(4,5)6)19-33-13-14-34-20-22-17-25(31(7,8)9)28(36)26(18-22)32(10,11)12/h15-18,33-36H,13-14,19-20H2,1-12H3. The minimum atomic E-state index is -0.121. The van der Waals surface area contributed by atoms with Crippen LogP contribution in [-0.4, -0.2) is 23.3 Å². The van der Waals surface area contributed by atoms with E-state index in [4.69, 9.17) is 0 Å². The van der Waals surface area contributed by atoms with Crippen LogP contribution in [0.5, 0.6) is 11.5 Å². The van der Waals surface area contributed by atoms with Crippen molar-refractivity contribution < 1.29 is 10.2 Å². The van der Waals surface area contributed by atoms with Gasteiger partial charge >= 0.3 is 0 Å². The fourth-order valence-corrected chi connectivity index (χ4v) is 4.52. The number of hydrogen-bond acceptors (Lipinski definition) is 4. The Bertz CT molecular complexity index is 886. The molecular formula is C32H52N2O2. The fourth-order valence-electron chi connectivity index (χ4n) is 4.52. The van der Waals surface area contributed by atoms with Crippen molar-refractivity contribution in [2.45, 2.75) is 118 Å². The zero-order chi connectivity index (χ0) is 27.7. The summed E-state index contributed by atoms with van der Waals surface area (Å²) in [6.07, 6.45) is 0. The molecule has 0 heterocycles. The number of phenols is 2. The number of benzene rings is 2. The first-order valence-electron chi connectivity index (χ1n) is 13.4. The van der Waals surface area contributed by atoms with Crippen LogP contribution < -0.4 is 10.6 Å². The highest BCUT2D eigenvalue weighted by atomic mass is 16.3. The van der Waals surface area contributed by atoms with Crippen LogP contribution in [0.25, 0.3) is 0 Å². The number of hydrogen-bond donors (Lipinski definition) is 4. The first-order chi connectivity index (χ1) is 16.2. The van der Waals surface area contributed by atoms with Gasteiger partial charge in [0.25, 0.3) is 0 Å². The van der Waals surface area contributed by atoms with Crippen molar-refractivity contribution in [1.29, 1.82) is 0 Å².